The number of anilines is 1. The second-order valence-corrected chi connectivity index (χ2v) is 7.02. The van der Waals surface area contributed by atoms with Crippen molar-refractivity contribution in [2.75, 3.05) is 26.6 Å². The number of amides is 1. The average molecular weight is 412 g/mol. The zero-order valence-corrected chi connectivity index (χ0v) is 17.0. The Morgan fingerprint density at radius 3 is 2.38 bits per heavy atom. The molecule has 0 spiro atoms. The summed E-state index contributed by atoms with van der Waals surface area (Å²) in [4.78, 5) is 29.7. The monoisotopic (exact) mass is 412 g/mol. The van der Waals surface area contributed by atoms with Crippen LogP contribution in [-0.4, -0.2) is 38.2 Å². The van der Waals surface area contributed by atoms with Gasteiger partial charge in [0.15, 0.2) is 16.6 Å². The molecule has 3 rings (SSSR count). The molecule has 150 valence electrons. The topological polar surface area (TPSA) is 86.8 Å². The van der Waals surface area contributed by atoms with Crippen molar-refractivity contribution in [1.82, 2.24) is 4.98 Å². The van der Waals surface area contributed by atoms with Gasteiger partial charge in [-0.05, 0) is 18.2 Å². The molecule has 0 fully saturated rings. The predicted octanol–water partition coefficient (Wildman–Crippen LogP) is 3.80. The normalized spacial score (nSPS) is 10.3. The van der Waals surface area contributed by atoms with Crippen LogP contribution in [0, 0.1) is 0 Å². The maximum atomic E-state index is 12.7. The number of nitrogens with zero attached hydrogens (tertiary/aromatic N) is 1. The third-order valence-corrected chi connectivity index (χ3v) is 5.11. The van der Waals surface area contributed by atoms with Gasteiger partial charge in [-0.1, -0.05) is 30.3 Å². The summed E-state index contributed by atoms with van der Waals surface area (Å²) < 4.78 is 15.2. The van der Waals surface area contributed by atoms with E-state index in [0.29, 0.717) is 32.8 Å². The van der Waals surface area contributed by atoms with Crippen molar-refractivity contribution >= 4 is 28.3 Å². The Kier molecular flexibility index (Phi) is 6.46. The highest BCUT2D eigenvalue weighted by atomic mass is 32.1. The first-order valence-corrected chi connectivity index (χ1v) is 9.52. The third-order valence-electron chi connectivity index (χ3n) is 4.14. The maximum absolute atomic E-state index is 12.7. The molecule has 0 saturated carbocycles. The van der Waals surface area contributed by atoms with Crippen LogP contribution in [0.4, 0.5) is 5.13 Å². The molecule has 0 aliphatic rings. The molecule has 8 heteroatoms. The maximum Gasteiger partial charge on any atom is 0.310 e. The summed E-state index contributed by atoms with van der Waals surface area (Å²) in [6.07, 6.45) is 0.0740. The Hall–Kier alpha value is -3.39. The van der Waals surface area contributed by atoms with Crippen LogP contribution >= 0.6 is 11.3 Å². The minimum absolute atomic E-state index is 0.0740. The minimum Gasteiger partial charge on any atom is -0.493 e. The van der Waals surface area contributed by atoms with Gasteiger partial charge in [-0.2, -0.15) is 0 Å². The second kappa shape index (κ2) is 9.20. The first-order chi connectivity index (χ1) is 14.0. The lowest BCUT2D eigenvalue weighted by Gasteiger charge is -2.09. The highest BCUT2D eigenvalue weighted by Gasteiger charge is 2.19. The van der Waals surface area contributed by atoms with Gasteiger partial charge in [0.2, 0.25) is 0 Å². The summed E-state index contributed by atoms with van der Waals surface area (Å²) in [6, 6.07) is 14.4. The van der Waals surface area contributed by atoms with Crippen molar-refractivity contribution in [2.24, 2.45) is 0 Å². The zero-order chi connectivity index (χ0) is 20.8. The molecule has 1 aromatic heterocycles. The molecule has 29 heavy (non-hydrogen) atoms. The van der Waals surface area contributed by atoms with Crippen LogP contribution < -0.4 is 14.8 Å². The number of carbonyl (C=O) groups excluding carboxylic acids is 2. The number of hydrogen-bond donors (Lipinski definition) is 1. The molecular formula is C21H20N2O5S. The number of hydrogen-bond acceptors (Lipinski definition) is 7. The molecule has 3 aromatic rings. The van der Waals surface area contributed by atoms with Gasteiger partial charge >= 0.3 is 5.97 Å². The molecule has 0 unspecified atom stereocenters. The molecule has 1 heterocycles. The molecule has 0 bridgehead atoms. The largest absolute Gasteiger partial charge is 0.493 e. The van der Waals surface area contributed by atoms with Gasteiger partial charge in [0.05, 0.1) is 33.4 Å². The molecule has 0 radical (unpaired) electrons. The summed E-state index contributed by atoms with van der Waals surface area (Å²) in [6.45, 7) is 0. The Morgan fingerprint density at radius 1 is 1.00 bits per heavy atom. The lowest BCUT2D eigenvalue weighted by Crippen LogP contribution is -2.12. The lowest BCUT2D eigenvalue weighted by molar-refractivity contribution is -0.139. The molecule has 0 atom stereocenters. The number of benzene rings is 2. The summed E-state index contributed by atoms with van der Waals surface area (Å²) >= 11 is 1.24. The van der Waals surface area contributed by atoms with E-state index in [0.717, 1.165) is 5.56 Å². The summed E-state index contributed by atoms with van der Waals surface area (Å²) in [5.74, 6) is 0.271. The van der Waals surface area contributed by atoms with Gasteiger partial charge in [0, 0.05) is 16.0 Å². The van der Waals surface area contributed by atoms with Gasteiger partial charge in [-0.25, -0.2) is 4.98 Å². The van der Waals surface area contributed by atoms with E-state index in [1.54, 1.807) is 18.2 Å². The third kappa shape index (κ3) is 4.72. The van der Waals surface area contributed by atoms with E-state index in [4.69, 9.17) is 14.2 Å². The molecule has 1 amide bonds. The molecule has 0 aliphatic heterocycles. The average Bonchev–Trinajstić information content (AvgIpc) is 3.15. The van der Waals surface area contributed by atoms with E-state index in [-0.39, 0.29) is 18.3 Å². The van der Waals surface area contributed by atoms with Gasteiger partial charge < -0.3 is 14.2 Å². The fraction of sp³-hybridized carbons (Fsp3) is 0.190. The standard InChI is InChI=1S/C21H20N2O5S/c1-26-15-10-9-14(11-16(15)27-2)20(25)23-21-22-19(13-7-5-4-6-8-13)17(29-21)12-18(24)28-3/h4-11H,12H2,1-3H3,(H,22,23,25). The predicted molar refractivity (Wildman–Crippen MR) is 111 cm³/mol. The van der Waals surface area contributed by atoms with Crippen molar-refractivity contribution < 1.29 is 23.8 Å². The van der Waals surface area contributed by atoms with Gasteiger partial charge in [0.25, 0.3) is 5.91 Å². The van der Waals surface area contributed by atoms with Crippen molar-refractivity contribution in [3.05, 3.63) is 59.0 Å². The van der Waals surface area contributed by atoms with Crippen molar-refractivity contribution in [1.29, 1.82) is 0 Å². The van der Waals surface area contributed by atoms with Gasteiger partial charge in [0.1, 0.15) is 0 Å². The van der Waals surface area contributed by atoms with Crippen LogP contribution in [0.25, 0.3) is 11.3 Å². The van der Waals surface area contributed by atoms with Crippen LogP contribution in [0.15, 0.2) is 48.5 Å². The molecule has 0 aliphatic carbocycles. The molecule has 0 saturated heterocycles. The van der Waals surface area contributed by atoms with Crippen molar-refractivity contribution in [3.8, 4) is 22.8 Å². The van der Waals surface area contributed by atoms with Crippen molar-refractivity contribution in [3.63, 3.8) is 0 Å². The number of nitrogens with one attached hydrogen (secondary N) is 1. The van der Waals surface area contributed by atoms with E-state index in [9.17, 15) is 9.59 Å². The summed E-state index contributed by atoms with van der Waals surface area (Å²) in [5, 5.41) is 3.18. The number of esters is 1. The number of thiazole rings is 1. The SMILES string of the molecule is COC(=O)Cc1sc(NC(=O)c2ccc(OC)c(OC)c2)nc1-c1ccccc1. The molecular weight excluding hydrogens is 392 g/mol. The number of ether oxygens (including phenoxy) is 3. The van der Waals surface area contributed by atoms with E-state index in [2.05, 4.69) is 10.3 Å². The van der Waals surface area contributed by atoms with Crippen LogP contribution in [0.3, 0.4) is 0 Å². The summed E-state index contributed by atoms with van der Waals surface area (Å²) in [5.41, 5.74) is 1.89. The summed E-state index contributed by atoms with van der Waals surface area (Å²) in [7, 11) is 4.37. The second-order valence-electron chi connectivity index (χ2n) is 5.93. The van der Waals surface area contributed by atoms with E-state index < -0.39 is 0 Å². The van der Waals surface area contributed by atoms with Crippen LogP contribution in [-0.2, 0) is 16.0 Å². The number of rotatable bonds is 7. The minimum atomic E-state index is -0.372. The zero-order valence-electron chi connectivity index (χ0n) is 16.2. The Bertz CT molecular complexity index is 1020. The highest BCUT2D eigenvalue weighted by molar-refractivity contribution is 7.16. The number of carbonyl (C=O) groups is 2. The Labute approximate surface area is 172 Å². The van der Waals surface area contributed by atoms with Crippen LogP contribution in [0.1, 0.15) is 15.2 Å². The van der Waals surface area contributed by atoms with Crippen LogP contribution in [0.5, 0.6) is 11.5 Å². The number of methoxy groups -OCH3 is 3. The Morgan fingerprint density at radius 2 is 1.72 bits per heavy atom. The van der Waals surface area contributed by atoms with E-state index >= 15 is 0 Å². The van der Waals surface area contributed by atoms with E-state index in [1.807, 2.05) is 30.3 Å². The smallest absolute Gasteiger partial charge is 0.310 e. The first-order valence-electron chi connectivity index (χ1n) is 8.71. The molecule has 2 aromatic carbocycles. The van der Waals surface area contributed by atoms with Crippen molar-refractivity contribution in [2.45, 2.75) is 6.42 Å². The highest BCUT2D eigenvalue weighted by Crippen LogP contribution is 2.33. The van der Waals surface area contributed by atoms with Crippen LogP contribution in [0.2, 0.25) is 0 Å². The van der Waals surface area contributed by atoms with Gasteiger partial charge in [-0.3, -0.25) is 14.9 Å². The van der Waals surface area contributed by atoms with E-state index in [1.165, 1.54) is 32.7 Å². The lowest BCUT2D eigenvalue weighted by atomic mass is 10.1. The fourth-order valence-electron chi connectivity index (χ4n) is 2.70. The quantitative estimate of drug-likeness (QED) is 0.594. The fourth-order valence-corrected chi connectivity index (χ4v) is 3.66. The first kappa shape index (κ1) is 20.3. The Balaban J connectivity index is 1.89. The number of aromatic nitrogens is 1. The molecule has 1 N–H and O–H groups in total. The molecule has 7 nitrogen and oxygen atoms in total. The van der Waals surface area contributed by atoms with Gasteiger partial charge in [-0.15, -0.1) is 11.3 Å².